The number of amides is 1. The molecule has 0 aliphatic rings. The highest BCUT2D eigenvalue weighted by Gasteiger charge is 2.11. The van der Waals surface area contributed by atoms with Gasteiger partial charge in [0.15, 0.2) is 11.4 Å². The Labute approximate surface area is 126 Å². The lowest BCUT2D eigenvalue weighted by Gasteiger charge is -2.05. The monoisotopic (exact) mass is 300 g/mol. The molecule has 0 fully saturated rings. The third kappa shape index (κ3) is 3.05. The zero-order valence-electron chi connectivity index (χ0n) is 12.1. The van der Waals surface area contributed by atoms with Crippen LogP contribution in [-0.4, -0.2) is 38.9 Å². The number of aromatic nitrogens is 4. The maximum absolute atomic E-state index is 11.8. The molecule has 114 valence electrons. The lowest BCUT2D eigenvalue weighted by Crippen LogP contribution is -2.26. The minimum absolute atomic E-state index is 0.198. The molecule has 22 heavy (non-hydrogen) atoms. The van der Waals surface area contributed by atoms with Crippen molar-refractivity contribution in [3.63, 3.8) is 0 Å². The number of aromatic amines is 1. The topological polar surface area (TPSA) is 109 Å². The number of carbonyl (C=O) groups is 1. The minimum atomic E-state index is -0.198. The molecular weight excluding hydrogens is 284 g/mol. The number of fused-ring (bicyclic) bond motifs is 1. The van der Waals surface area contributed by atoms with Crippen molar-refractivity contribution in [3.05, 3.63) is 36.2 Å². The molecule has 0 saturated heterocycles. The van der Waals surface area contributed by atoms with E-state index in [9.17, 15) is 4.79 Å². The molecule has 0 aromatic carbocycles. The normalized spacial score (nSPS) is 10.8. The number of anilines is 1. The lowest BCUT2D eigenvalue weighted by atomic mass is 10.2. The number of nitrogens with one attached hydrogen (secondary N) is 3. The summed E-state index contributed by atoms with van der Waals surface area (Å²) in [6.45, 7) is 3.02. The number of rotatable bonds is 6. The van der Waals surface area contributed by atoms with E-state index in [1.54, 1.807) is 18.6 Å². The van der Waals surface area contributed by atoms with Gasteiger partial charge in [0, 0.05) is 18.7 Å². The van der Waals surface area contributed by atoms with Crippen molar-refractivity contribution in [2.24, 2.45) is 0 Å². The summed E-state index contributed by atoms with van der Waals surface area (Å²) in [5.41, 5.74) is 2.25. The molecule has 1 amide bonds. The van der Waals surface area contributed by atoms with Gasteiger partial charge in [0.1, 0.15) is 5.52 Å². The summed E-state index contributed by atoms with van der Waals surface area (Å²) in [6.07, 6.45) is 5.51. The van der Waals surface area contributed by atoms with Gasteiger partial charge in [-0.1, -0.05) is 0 Å². The fraction of sp³-hybridized carbons (Fsp3) is 0.286. The van der Waals surface area contributed by atoms with Gasteiger partial charge in [-0.05, 0) is 19.4 Å². The molecule has 3 aromatic heterocycles. The number of aryl methyl sites for hydroxylation is 1. The second-order valence-electron chi connectivity index (χ2n) is 4.80. The van der Waals surface area contributed by atoms with Crippen molar-refractivity contribution in [2.45, 2.75) is 13.3 Å². The second-order valence-corrected chi connectivity index (χ2v) is 4.80. The first-order valence-electron chi connectivity index (χ1n) is 6.96. The SMILES string of the molecule is Cc1ccoc1C(=O)NCCCNc1ncc2[nH]cnc2n1. The molecule has 0 unspecified atom stereocenters. The van der Waals surface area contributed by atoms with Gasteiger partial charge in [-0.2, -0.15) is 4.98 Å². The first kappa shape index (κ1) is 14.1. The Morgan fingerprint density at radius 2 is 2.27 bits per heavy atom. The van der Waals surface area contributed by atoms with E-state index < -0.39 is 0 Å². The van der Waals surface area contributed by atoms with Crippen LogP contribution in [0.1, 0.15) is 22.5 Å². The average Bonchev–Trinajstić information content (AvgIpc) is 3.14. The van der Waals surface area contributed by atoms with Crippen molar-refractivity contribution >= 4 is 23.0 Å². The Balaban J connectivity index is 1.42. The van der Waals surface area contributed by atoms with Crippen molar-refractivity contribution in [2.75, 3.05) is 18.4 Å². The molecule has 3 aromatic rings. The molecule has 3 heterocycles. The fourth-order valence-corrected chi connectivity index (χ4v) is 2.00. The van der Waals surface area contributed by atoms with Crippen LogP contribution in [0.3, 0.4) is 0 Å². The van der Waals surface area contributed by atoms with Crippen LogP contribution in [0.25, 0.3) is 11.2 Å². The van der Waals surface area contributed by atoms with Crippen molar-refractivity contribution in [1.82, 2.24) is 25.3 Å². The highest BCUT2D eigenvalue weighted by molar-refractivity contribution is 5.92. The molecule has 0 spiro atoms. The van der Waals surface area contributed by atoms with E-state index in [0.717, 1.165) is 17.5 Å². The van der Waals surface area contributed by atoms with E-state index >= 15 is 0 Å². The van der Waals surface area contributed by atoms with E-state index in [-0.39, 0.29) is 5.91 Å². The van der Waals surface area contributed by atoms with Gasteiger partial charge < -0.3 is 20.0 Å². The summed E-state index contributed by atoms with van der Waals surface area (Å²) in [7, 11) is 0. The molecule has 0 radical (unpaired) electrons. The number of furan rings is 1. The maximum atomic E-state index is 11.8. The quantitative estimate of drug-likeness (QED) is 0.595. The molecule has 0 atom stereocenters. The van der Waals surface area contributed by atoms with E-state index in [4.69, 9.17) is 4.42 Å². The van der Waals surface area contributed by atoms with Gasteiger partial charge >= 0.3 is 0 Å². The summed E-state index contributed by atoms with van der Waals surface area (Å²) in [4.78, 5) is 27.2. The molecule has 0 bridgehead atoms. The molecule has 8 nitrogen and oxygen atoms in total. The summed E-state index contributed by atoms with van der Waals surface area (Å²) >= 11 is 0. The number of hydrogen-bond donors (Lipinski definition) is 3. The van der Waals surface area contributed by atoms with Gasteiger partial charge in [-0.3, -0.25) is 4.79 Å². The van der Waals surface area contributed by atoms with Crippen LogP contribution >= 0.6 is 0 Å². The van der Waals surface area contributed by atoms with Crippen molar-refractivity contribution in [3.8, 4) is 0 Å². The molecule has 0 saturated carbocycles. The van der Waals surface area contributed by atoms with E-state index in [2.05, 4.69) is 30.6 Å². The van der Waals surface area contributed by atoms with Crippen LogP contribution in [-0.2, 0) is 0 Å². The van der Waals surface area contributed by atoms with Gasteiger partial charge in [-0.15, -0.1) is 0 Å². The first-order valence-corrected chi connectivity index (χ1v) is 6.96. The zero-order chi connectivity index (χ0) is 15.4. The summed E-state index contributed by atoms with van der Waals surface area (Å²) in [5.74, 6) is 0.685. The Morgan fingerprint density at radius 1 is 1.36 bits per heavy atom. The maximum Gasteiger partial charge on any atom is 0.287 e. The standard InChI is InChI=1S/C14H16N6O2/c1-9-3-6-22-11(9)13(21)15-4-2-5-16-14-17-7-10-12(20-14)19-8-18-10/h3,6-8H,2,4-5H2,1H3,(H,15,21)(H2,16,17,18,19,20). The summed E-state index contributed by atoms with van der Waals surface area (Å²) in [6, 6.07) is 1.76. The predicted molar refractivity (Wildman–Crippen MR) is 80.6 cm³/mol. The number of nitrogens with zero attached hydrogens (tertiary/aromatic N) is 3. The number of imidazole rings is 1. The van der Waals surface area contributed by atoms with Crippen LogP contribution in [0.4, 0.5) is 5.95 Å². The van der Waals surface area contributed by atoms with Crippen molar-refractivity contribution < 1.29 is 9.21 Å². The van der Waals surface area contributed by atoms with Crippen LogP contribution in [0.2, 0.25) is 0 Å². The third-order valence-electron chi connectivity index (χ3n) is 3.17. The fourth-order valence-electron chi connectivity index (χ4n) is 2.00. The molecule has 3 rings (SSSR count). The first-order chi connectivity index (χ1) is 10.7. The van der Waals surface area contributed by atoms with Gasteiger partial charge in [0.05, 0.1) is 18.8 Å². The number of carbonyl (C=O) groups excluding carboxylic acids is 1. The molecule has 8 heteroatoms. The molecule has 0 aliphatic carbocycles. The Kier molecular flexibility index (Phi) is 3.99. The Bertz CT molecular complexity index is 778. The number of hydrogen-bond acceptors (Lipinski definition) is 6. The highest BCUT2D eigenvalue weighted by Crippen LogP contribution is 2.08. The number of H-pyrrole nitrogens is 1. The molecular formula is C14H16N6O2. The predicted octanol–water partition coefficient (Wildman–Crippen LogP) is 1.49. The average molecular weight is 300 g/mol. The molecule has 3 N–H and O–H groups in total. The zero-order valence-corrected chi connectivity index (χ0v) is 12.1. The summed E-state index contributed by atoms with van der Waals surface area (Å²) < 4.78 is 5.13. The third-order valence-corrected chi connectivity index (χ3v) is 3.17. The Hall–Kier alpha value is -2.90. The van der Waals surface area contributed by atoms with E-state index in [1.807, 2.05) is 6.92 Å². The molecule has 0 aliphatic heterocycles. The van der Waals surface area contributed by atoms with Gasteiger partial charge in [-0.25, -0.2) is 9.97 Å². The summed E-state index contributed by atoms with van der Waals surface area (Å²) in [5, 5.41) is 5.90. The van der Waals surface area contributed by atoms with Crippen LogP contribution < -0.4 is 10.6 Å². The van der Waals surface area contributed by atoms with Crippen LogP contribution in [0.15, 0.2) is 29.3 Å². The second kappa shape index (κ2) is 6.25. The van der Waals surface area contributed by atoms with Crippen molar-refractivity contribution in [1.29, 1.82) is 0 Å². The largest absolute Gasteiger partial charge is 0.459 e. The van der Waals surface area contributed by atoms with Gasteiger partial charge in [0.2, 0.25) is 5.95 Å². The van der Waals surface area contributed by atoms with Crippen LogP contribution in [0.5, 0.6) is 0 Å². The van der Waals surface area contributed by atoms with E-state index in [1.165, 1.54) is 6.26 Å². The smallest absolute Gasteiger partial charge is 0.287 e. The lowest BCUT2D eigenvalue weighted by molar-refractivity contribution is 0.0925. The minimum Gasteiger partial charge on any atom is -0.459 e. The van der Waals surface area contributed by atoms with E-state index in [0.29, 0.717) is 30.4 Å². The highest BCUT2D eigenvalue weighted by atomic mass is 16.3. The van der Waals surface area contributed by atoms with Crippen LogP contribution in [0, 0.1) is 6.92 Å². The van der Waals surface area contributed by atoms with Gasteiger partial charge in [0.25, 0.3) is 5.91 Å². The Morgan fingerprint density at radius 3 is 3.09 bits per heavy atom.